The number of likely N-dealkylation sites (N-methyl/N-ethyl adjacent to an activating group) is 2. The third-order valence-corrected chi connectivity index (χ3v) is 14.7. The van der Waals surface area contributed by atoms with E-state index >= 15 is 0 Å². The zero-order valence-corrected chi connectivity index (χ0v) is 49.2. The van der Waals surface area contributed by atoms with Gasteiger partial charge in [-0.15, -0.1) is 0 Å². The molecule has 2 aromatic heterocycles. The van der Waals surface area contributed by atoms with E-state index in [2.05, 4.69) is 78.7 Å². The smallest absolute Gasteiger partial charge is 0.220 e. The van der Waals surface area contributed by atoms with Gasteiger partial charge in [-0.3, -0.25) is 9.59 Å². The molecule has 0 saturated carbocycles. The Kier molecular flexibility index (Phi) is 25.2. The Labute approximate surface area is 499 Å². The van der Waals surface area contributed by atoms with Gasteiger partial charge in [0.15, 0.2) is 0 Å². The van der Waals surface area contributed by atoms with Crippen LogP contribution in [0.2, 0.25) is 20.1 Å². The largest absolute Gasteiger partial charge is 0.475 e. The van der Waals surface area contributed by atoms with Crippen molar-refractivity contribution in [3.63, 3.8) is 0 Å². The summed E-state index contributed by atoms with van der Waals surface area (Å²) in [6.07, 6.45) is 3.13. The standard InChI is InChI=1S/C60H70Cl4N8O10/c1-71-35-49(47-29-45(61)31-53(63)51(47)37-71)41-5-3-7-43(27-41)55-33-59(69-39-67-55)81-25-23-79-21-19-77-17-15-75-13-11-65-57(73)9-10-58(74)66-12-14-76-16-18-78-20-22-80-24-26-82-60-34-56(68-40-70-60)44-8-4-6-42(28-44)50-36-72(2)38-52-48(50)30-46(62)32-54(52)64/h3-8,27-34,39-40,49-50H,9-26,35-38H2,1-2H3,(H,65,73)(H,66,74)/t49-,50-/m0/s1. The fourth-order valence-corrected chi connectivity index (χ4v) is 10.8. The highest BCUT2D eigenvalue weighted by Crippen LogP contribution is 2.41. The van der Waals surface area contributed by atoms with Gasteiger partial charge in [0.2, 0.25) is 23.6 Å². The van der Waals surface area contributed by atoms with E-state index in [1.54, 1.807) is 12.1 Å². The molecule has 2 N–H and O–H groups in total. The third kappa shape index (κ3) is 19.5. The average molecular weight is 1210 g/mol. The second-order valence-electron chi connectivity index (χ2n) is 19.7. The number of hydrogen-bond donors (Lipinski definition) is 2. The van der Waals surface area contributed by atoms with Crippen LogP contribution in [0.15, 0.2) is 97.6 Å². The molecule has 0 unspecified atom stereocenters. The molecule has 0 saturated heterocycles. The van der Waals surface area contributed by atoms with E-state index in [0.717, 1.165) is 82.1 Å². The lowest BCUT2D eigenvalue weighted by molar-refractivity contribution is -0.126. The molecular weight excluding hydrogens is 1130 g/mol. The highest BCUT2D eigenvalue weighted by molar-refractivity contribution is 6.35. The molecule has 18 nitrogen and oxygen atoms in total. The molecule has 6 aromatic rings. The first-order chi connectivity index (χ1) is 40.0. The molecule has 82 heavy (non-hydrogen) atoms. The molecule has 0 radical (unpaired) electrons. The molecule has 22 heteroatoms. The van der Waals surface area contributed by atoms with Crippen LogP contribution in [0.3, 0.4) is 0 Å². The summed E-state index contributed by atoms with van der Waals surface area (Å²) in [5.41, 5.74) is 10.2. The number of nitrogens with one attached hydrogen (secondary N) is 2. The average Bonchev–Trinajstić information content (AvgIpc) is 3.01. The Morgan fingerprint density at radius 2 is 0.866 bits per heavy atom. The first-order valence-corrected chi connectivity index (χ1v) is 28.9. The predicted octanol–water partition coefficient (Wildman–Crippen LogP) is 8.94. The van der Waals surface area contributed by atoms with Crippen molar-refractivity contribution in [1.29, 1.82) is 0 Å². The molecular formula is C60H70Cl4N8O10. The lowest BCUT2D eigenvalue weighted by atomic mass is 9.84. The minimum atomic E-state index is -0.231. The summed E-state index contributed by atoms with van der Waals surface area (Å²) >= 11 is 26.1. The van der Waals surface area contributed by atoms with Crippen molar-refractivity contribution in [3.8, 4) is 34.3 Å². The molecule has 0 bridgehead atoms. The van der Waals surface area contributed by atoms with E-state index in [1.807, 2.05) is 48.5 Å². The number of carbonyl (C=O) groups is 2. The molecule has 0 aliphatic carbocycles. The van der Waals surface area contributed by atoms with Gasteiger partial charge in [-0.1, -0.05) is 82.8 Å². The van der Waals surface area contributed by atoms with Crippen molar-refractivity contribution in [2.45, 2.75) is 37.8 Å². The van der Waals surface area contributed by atoms with Crippen molar-refractivity contribution < 1.29 is 47.5 Å². The number of nitrogens with zero attached hydrogens (tertiary/aromatic N) is 6. The molecule has 0 fully saturated rings. The Hall–Kier alpha value is -5.58. The van der Waals surface area contributed by atoms with Gasteiger partial charge in [0.1, 0.15) is 25.9 Å². The predicted molar refractivity (Wildman–Crippen MR) is 315 cm³/mol. The van der Waals surface area contributed by atoms with Gasteiger partial charge in [0, 0.05) is 107 Å². The number of rotatable bonds is 33. The Morgan fingerprint density at radius 1 is 0.488 bits per heavy atom. The second-order valence-corrected chi connectivity index (χ2v) is 21.4. The maximum atomic E-state index is 12.2. The minimum Gasteiger partial charge on any atom is -0.475 e. The van der Waals surface area contributed by atoms with Crippen molar-refractivity contribution in [1.82, 2.24) is 40.4 Å². The van der Waals surface area contributed by atoms with Gasteiger partial charge < -0.3 is 58.3 Å². The monoisotopic (exact) mass is 1200 g/mol. The van der Waals surface area contributed by atoms with E-state index in [4.69, 9.17) is 84.3 Å². The third-order valence-electron chi connectivity index (χ3n) is 13.6. The number of fused-ring (bicyclic) bond motifs is 2. The number of amides is 2. The van der Waals surface area contributed by atoms with Crippen molar-refractivity contribution in [2.24, 2.45) is 0 Å². The van der Waals surface area contributed by atoms with Crippen LogP contribution in [-0.2, 0) is 51.1 Å². The van der Waals surface area contributed by atoms with Crippen LogP contribution < -0.4 is 20.1 Å². The molecule has 2 atom stereocenters. The second kappa shape index (κ2) is 33.1. The molecule has 2 aliphatic rings. The van der Waals surface area contributed by atoms with E-state index in [1.165, 1.54) is 12.7 Å². The van der Waals surface area contributed by atoms with E-state index < -0.39 is 0 Å². The summed E-state index contributed by atoms with van der Waals surface area (Å²) in [5.74, 6) is 0.664. The molecule has 4 aromatic carbocycles. The van der Waals surface area contributed by atoms with Crippen LogP contribution in [-0.4, -0.2) is 174 Å². The zero-order valence-electron chi connectivity index (χ0n) is 46.2. The summed E-state index contributed by atoms with van der Waals surface area (Å²) < 4.78 is 45.3. The van der Waals surface area contributed by atoms with Gasteiger partial charge in [0.05, 0.1) is 90.7 Å². The molecule has 438 valence electrons. The number of benzene rings is 4. The van der Waals surface area contributed by atoms with Crippen LogP contribution in [0.25, 0.3) is 22.5 Å². The van der Waals surface area contributed by atoms with Crippen LogP contribution in [0.1, 0.15) is 58.1 Å². The molecule has 4 heterocycles. The summed E-state index contributed by atoms with van der Waals surface area (Å²) in [6, 6.07) is 28.0. The molecule has 2 amide bonds. The topological polar surface area (TPSA) is 190 Å². The number of ether oxygens (including phenoxy) is 8. The normalized spacial score (nSPS) is 15.2. The Bertz CT molecular complexity index is 2820. The van der Waals surface area contributed by atoms with Crippen LogP contribution in [0, 0.1) is 0 Å². The molecule has 2 aliphatic heterocycles. The highest BCUT2D eigenvalue weighted by Gasteiger charge is 2.29. The van der Waals surface area contributed by atoms with Gasteiger partial charge in [-0.05, 0) is 83.9 Å². The van der Waals surface area contributed by atoms with E-state index in [-0.39, 0.29) is 36.5 Å². The number of halogens is 4. The Morgan fingerprint density at radius 3 is 1.27 bits per heavy atom. The van der Waals surface area contributed by atoms with Crippen molar-refractivity contribution in [2.75, 3.05) is 133 Å². The van der Waals surface area contributed by atoms with Gasteiger partial charge >= 0.3 is 0 Å². The zero-order chi connectivity index (χ0) is 57.5. The fraction of sp³-hybridized carbons (Fsp3) is 0.433. The summed E-state index contributed by atoms with van der Waals surface area (Å²) in [5, 5.41) is 8.16. The summed E-state index contributed by atoms with van der Waals surface area (Å²) in [6.45, 7) is 8.90. The maximum Gasteiger partial charge on any atom is 0.220 e. The maximum absolute atomic E-state index is 12.2. The lowest BCUT2D eigenvalue weighted by Gasteiger charge is -2.33. The van der Waals surface area contributed by atoms with Crippen molar-refractivity contribution >= 4 is 58.2 Å². The molecule has 0 spiro atoms. The summed E-state index contributed by atoms with van der Waals surface area (Å²) in [4.78, 5) is 46.5. The highest BCUT2D eigenvalue weighted by atomic mass is 35.5. The number of hydrogen-bond acceptors (Lipinski definition) is 16. The Balaban J connectivity index is 0.570. The van der Waals surface area contributed by atoms with Crippen molar-refractivity contribution in [3.05, 3.63) is 151 Å². The van der Waals surface area contributed by atoms with Gasteiger partial charge in [-0.25, -0.2) is 19.9 Å². The van der Waals surface area contributed by atoms with Crippen LogP contribution >= 0.6 is 46.4 Å². The summed E-state index contributed by atoms with van der Waals surface area (Å²) in [7, 11) is 4.19. The van der Waals surface area contributed by atoms with Crippen LogP contribution in [0.4, 0.5) is 0 Å². The van der Waals surface area contributed by atoms with E-state index in [9.17, 15) is 9.59 Å². The first kappa shape index (κ1) is 62.5. The SMILES string of the molecule is CN1Cc2c(Cl)cc(Cl)cc2[C@H](c2cccc(-c3cc(OCCOCCOCCOCCNC(=O)CCC(=O)NCCOCCOCCOCCOc4cc(-c5cccc([C@@H]6CN(C)Cc7c(Cl)cc(Cl)cc76)c5)ncn4)ncn3)c2)C1. The van der Waals surface area contributed by atoms with Crippen LogP contribution in [0.5, 0.6) is 11.8 Å². The van der Waals surface area contributed by atoms with Gasteiger partial charge in [0.25, 0.3) is 0 Å². The number of carbonyl (C=O) groups excluding carboxylic acids is 2. The molecule has 8 rings (SSSR count). The quantitative estimate of drug-likeness (QED) is 0.0371. The minimum absolute atomic E-state index is 0.0685. The van der Waals surface area contributed by atoms with Gasteiger partial charge in [-0.2, -0.15) is 0 Å². The van der Waals surface area contributed by atoms with E-state index in [0.29, 0.717) is 137 Å². The lowest BCUT2D eigenvalue weighted by Crippen LogP contribution is -2.31. The first-order valence-electron chi connectivity index (χ1n) is 27.4. The number of aromatic nitrogens is 4. The fourth-order valence-electron chi connectivity index (χ4n) is 9.67.